The van der Waals surface area contributed by atoms with Gasteiger partial charge in [-0.1, -0.05) is 6.92 Å². The van der Waals surface area contributed by atoms with Crippen molar-refractivity contribution in [2.45, 2.75) is 19.4 Å². The Bertz CT molecular complexity index is 295. The molecule has 0 spiro atoms. The molecule has 0 fully saturated rings. The van der Waals surface area contributed by atoms with Crippen LogP contribution in [-0.4, -0.2) is 18.5 Å². The van der Waals surface area contributed by atoms with Crippen LogP contribution in [0.1, 0.15) is 24.0 Å². The van der Waals surface area contributed by atoms with Crippen molar-refractivity contribution in [3.05, 3.63) is 22.1 Å². The molecule has 1 aromatic rings. The lowest BCUT2D eigenvalue weighted by Gasteiger charge is -2.27. The van der Waals surface area contributed by atoms with E-state index >= 15 is 0 Å². The molecule has 1 aliphatic rings. The Morgan fingerprint density at radius 3 is 3.17 bits per heavy atom. The van der Waals surface area contributed by atoms with Gasteiger partial charge in [0.25, 0.3) is 0 Å². The minimum atomic E-state index is 0.591. The smallest absolute Gasteiger partial charge is 0.173 e. The maximum absolute atomic E-state index is 5.33. The highest BCUT2D eigenvalue weighted by atomic mass is 79.9. The van der Waals surface area contributed by atoms with Crippen LogP contribution < -0.4 is 0 Å². The fraction of sp³-hybridized carbons (Fsp3) is 0.556. The molecule has 0 bridgehead atoms. The first-order valence-corrected chi connectivity index (χ1v) is 4.92. The van der Waals surface area contributed by atoms with Crippen LogP contribution in [0.25, 0.3) is 0 Å². The Hall–Kier alpha value is -0.280. The highest BCUT2D eigenvalue weighted by Gasteiger charge is 2.24. The first kappa shape index (κ1) is 8.32. The van der Waals surface area contributed by atoms with Crippen molar-refractivity contribution in [3.8, 4) is 0 Å². The van der Waals surface area contributed by atoms with Gasteiger partial charge < -0.3 is 9.32 Å². The Morgan fingerprint density at radius 1 is 1.67 bits per heavy atom. The topological polar surface area (TPSA) is 16.4 Å². The van der Waals surface area contributed by atoms with Gasteiger partial charge in [-0.3, -0.25) is 0 Å². The molecular weight excluding hydrogens is 218 g/mol. The van der Waals surface area contributed by atoms with Gasteiger partial charge in [0.2, 0.25) is 0 Å². The van der Waals surface area contributed by atoms with Gasteiger partial charge in [0, 0.05) is 24.2 Å². The van der Waals surface area contributed by atoms with Gasteiger partial charge >= 0.3 is 0 Å². The highest BCUT2D eigenvalue weighted by molar-refractivity contribution is 9.10. The second-order valence-electron chi connectivity index (χ2n) is 3.54. The molecule has 0 aromatic carbocycles. The molecule has 1 aromatic heterocycles. The van der Waals surface area contributed by atoms with Crippen LogP contribution in [0.4, 0.5) is 0 Å². The van der Waals surface area contributed by atoms with Crippen LogP contribution in [0.5, 0.6) is 0 Å². The van der Waals surface area contributed by atoms with Gasteiger partial charge in [-0.25, -0.2) is 0 Å². The van der Waals surface area contributed by atoms with Crippen molar-refractivity contribution in [1.82, 2.24) is 4.90 Å². The Morgan fingerprint density at radius 2 is 2.42 bits per heavy atom. The highest BCUT2D eigenvalue weighted by Crippen LogP contribution is 2.33. The molecule has 2 nitrogen and oxygen atoms in total. The minimum Gasteiger partial charge on any atom is -0.457 e. The number of likely N-dealkylation sites (N-methyl/N-ethyl adjacent to an activating group) is 1. The Kier molecular flexibility index (Phi) is 2.00. The summed E-state index contributed by atoms with van der Waals surface area (Å²) < 4.78 is 6.23. The molecule has 2 rings (SSSR count). The number of rotatable bonds is 0. The predicted molar refractivity (Wildman–Crippen MR) is 51.2 cm³/mol. The molecule has 0 saturated carbocycles. The second-order valence-corrected chi connectivity index (χ2v) is 4.26. The van der Waals surface area contributed by atoms with Crippen LogP contribution in [0.3, 0.4) is 0 Å². The molecule has 0 aliphatic carbocycles. The number of hydrogen-bond acceptors (Lipinski definition) is 2. The number of nitrogens with zero attached hydrogens (tertiary/aromatic N) is 1. The van der Waals surface area contributed by atoms with E-state index in [2.05, 4.69) is 34.8 Å². The number of hydrogen-bond donors (Lipinski definition) is 0. The van der Waals surface area contributed by atoms with Crippen molar-refractivity contribution < 1.29 is 4.42 Å². The number of fused-ring (bicyclic) bond motifs is 1. The first-order valence-electron chi connectivity index (χ1n) is 4.12. The summed E-state index contributed by atoms with van der Waals surface area (Å²) in [6.45, 7) is 4.35. The maximum Gasteiger partial charge on any atom is 0.173 e. The molecule has 0 amide bonds. The summed E-state index contributed by atoms with van der Waals surface area (Å²) >= 11 is 3.41. The maximum atomic E-state index is 5.33. The Balaban J connectivity index is 2.43. The van der Waals surface area contributed by atoms with Gasteiger partial charge in [0.15, 0.2) is 4.67 Å². The quantitative estimate of drug-likeness (QED) is 0.681. The van der Waals surface area contributed by atoms with E-state index in [1.807, 2.05) is 6.26 Å². The third kappa shape index (κ3) is 1.21. The summed E-state index contributed by atoms with van der Waals surface area (Å²) in [5.74, 6) is 0.591. The molecule has 1 aliphatic heterocycles. The fourth-order valence-electron chi connectivity index (χ4n) is 1.84. The first-order chi connectivity index (χ1) is 5.68. The third-order valence-corrected chi connectivity index (χ3v) is 3.09. The van der Waals surface area contributed by atoms with Gasteiger partial charge in [-0.2, -0.15) is 0 Å². The molecule has 3 heteroatoms. The monoisotopic (exact) mass is 229 g/mol. The minimum absolute atomic E-state index is 0.591. The summed E-state index contributed by atoms with van der Waals surface area (Å²) in [5.41, 5.74) is 2.68. The molecule has 2 heterocycles. The van der Waals surface area contributed by atoms with Crippen LogP contribution >= 0.6 is 15.9 Å². The van der Waals surface area contributed by atoms with E-state index in [-0.39, 0.29) is 0 Å². The molecule has 0 radical (unpaired) electrons. The van der Waals surface area contributed by atoms with E-state index < -0.39 is 0 Å². The molecule has 1 atom stereocenters. The van der Waals surface area contributed by atoms with E-state index in [1.165, 1.54) is 11.1 Å². The lowest BCUT2D eigenvalue weighted by atomic mass is 9.96. The standard InChI is InChI=1S/C9H12BrNO/c1-6-3-11(2)4-7-8(6)5-12-9(7)10/h5-6H,3-4H2,1-2H3. The summed E-state index contributed by atoms with van der Waals surface area (Å²) in [6, 6.07) is 0. The van der Waals surface area contributed by atoms with Crippen molar-refractivity contribution >= 4 is 15.9 Å². The average Bonchev–Trinajstić information content (AvgIpc) is 2.33. The normalized spacial score (nSPS) is 24.1. The van der Waals surface area contributed by atoms with Crippen molar-refractivity contribution in [2.24, 2.45) is 0 Å². The van der Waals surface area contributed by atoms with Crippen molar-refractivity contribution in [2.75, 3.05) is 13.6 Å². The summed E-state index contributed by atoms with van der Waals surface area (Å²) in [7, 11) is 2.14. The van der Waals surface area contributed by atoms with Crippen LogP contribution in [0.2, 0.25) is 0 Å². The zero-order valence-electron chi connectivity index (χ0n) is 7.30. The second kappa shape index (κ2) is 2.89. The number of halogens is 1. The SMILES string of the molecule is CC1CN(C)Cc2c1coc2Br. The van der Waals surface area contributed by atoms with Gasteiger partial charge in [0.1, 0.15) is 0 Å². The molecule has 1 unspecified atom stereocenters. The fourth-order valence-corrected chi connectivity index (χ4v) is 2.29. The molecule has 66 valence electrons. The Labute approximate surface area is 80.7 Å². The summed E-state index contributed by atoms with van der Waals surface area (Å²) in [6.07, 6.45) is 1.87. The van der Waals surface area contributed by atoms with Crippen LogP contribution in [0.15, 0.2) is 15.3 Å². The lowest BCUT2D eigenvalue weighted by Crippen LogP contribution is -2.28. The zero-order valence-corrected chi connectivity index (χ0v) is 8.89. The third-order valence-electron chi connectivity index (χ3n) is 2.42. The van der Waals surface area contributed by atoms with E-state index in [0.717, 1.165) is 17.8 Å². The average molecular weight is 230 g/mol. The van der Waals surface area contributed by atoms with Gasteiger partial charge in [-0.15, -0.1) is 0 Å². The van der Waals surface area contributed by atoms with Crippen LogP contribution in [-0.2, 0) is 6.54 Å². The van der Waals surface area contributed by atoms with E-state index in [0.29, 0.717) is 5.92 Å². The zero-order chi connectivity index (χ0) is 8.72. The van der Waals surface area contributed by atoms with Gasteiger partial charge in [-0.05, 0) is 28.9 Å². The lowest BCUT2D eigenvalue weighted by molar-refractivity contribution is 0.288. The predicted octanol–water partition coefficient (Wildman–Crippen LogP) is 2.59. The van der Waals surface area contributed by atoms with E-state index in [9.17, 15) is 0 Å². The summed E-state index contributed by atoms with van der Waals surface area (Å²) in [5, 5.41) is 0. The molecule has 12 heavy (non-hydrogen) atoms. The van der Waals surface area contributed by atoms with E-state index in [4.69, 9.17) is 4.42 Å². The van der Waals surface area contributed by atoms with Crippen LogP contribution in [0, 0.1) is 0 Å². The van der Waals surface area contributed by atoms with Gasteiger partial charge in [0.05, 0.1) is 6.26 Å². The number of furan rings is 1. The molecule has 0 saturated heterocycles. The largest absolute Gasteiger partial charge is 0.457 e. The van der Waals surface area contributed by atoms with E-state index in [1.54, 1.807) is 0 Å². The van der Waals surface area contributed by atoms with Crippen molar-refractivity contribution in [1.29, 1.82) is 0 Å². The summed E-state index contributed by atoms with van der Waals surface area (Å²) in [4.78, 5) is 2.31. The molecule has 0 N–H and O–H groups in total. The van der Waals surface area contributed by atoms with Crippen molar-refractivity contribution in [3.63, 3.8) is 0 Å². The molecular formula is C9H12BrNO.